The second-order valence-electron chi connectivity index (χ2n) is 7.39. The van der Waals surface area contributed by atoms with Gasteiger partial charge in [0.2, 0.25) is 5.91 Å². The third-order valence-corrected chi connectivity index (χ3v) is 7.00. The van der Waals surface area contributed by atoms with Gasteiger partial charge in [-0.1, -0.05) is 42.8 Å². The zero-order chi connectivity index (χ0) is 22.3. The van der Waals surface area contributed by atoms with Gasteiger partial charge < -0.3 is 10.1 Å². The number of thiophene rings is 1. The number of hydrogen-bond acceptors (Lipinski definition) is 7. The Kier molecular flexibility index (Phi) is 7.43. The molecule has 0 radical (unpaired) electrons. The molecule has 1 saturated carbocycles. The maximum Gasteiger partial charge on any atom is 0.321 e. The van der Waals surface area contributed by atoms with Gasteiger partial charge in [-0.05, 0) is 36.4 Å². The van der Waals surface area contributed by atoms with Gasteiger partial charge in [0.15, 0.2) is 11.0 Å². The SMILES string of the molecule is COc1ccccc1-n1c(SCCC(=O)NC(=O)NC2CCCC2)nnc1-c1cccs1. The molecule has 1 aliphatic rings. The molecule has 2 aromatic heterocycles. The molecule has 0 atom stereocenters. The normalized spacial score (nSPS) is 13.8. The fourth-order valence-corrected chi connectivity index (χ4v) is 5.26. The van der Waals surface area contributed by atoms with Crippen LogP contribution in [-0.2, 0) is 4.79 Å². The minimum atomic E-state index is -0.413. The molecule has 10 heteroatoms. The van der Waals surface area contributed by atoms with Gasteiger partial charge >= 0.3 is 6.03 Å². The van der Waals surface area contributed by atoms with E-state index < -0.39 is 6.03 Å². The van der Waals surface area contributed by atoms with Crippen LogP contribution in [-0.4, -0.2) is 45.6 Å². The molecule has 4 rings (SSSR count). The number of methoxy groups -OCH3 is 1. The highest BCUT2D eigenvalue weighted by Gasteiger charge is 2.21. The summed E-state index contributed by atoms with van der Waals surface area (Å²) in [5, 5.41) is 16.7. The first kappa shape index (κ1) is 22.3. The van der Waals surface area contributed by atoms with Crippen LogP contribution in [0.1, 0.15) is 32.1 Å². The Hall–Kier alpha value is -2.85. The number of ether oxygens (including phenoxy) is 1. The molecule has 0 aliphatic heterocycles. The molecule has 3 aromatic rings. The number of aromatic nitrogens is 3. The molecule has 1 aliphatic carbocycles. The number of thioether (sulfide) groups is 1. The summed E-state index contributed by atoms with van der Waals surface area (Å²) in [5.74, 6) is 1.57. The minimum Gasteiger partial charge on any atom is -0.495 e. The van der Waals surface area contributed by atoms with Crippen molar-refractivity contribution in [3.8, 4) is 22.1 Å². The smallest absolute Gasteiger partial charge is 0.321 e. The molecule has 3 amide bonds. The fourth-order valence-electron chi connectivity index (χ4n) is 3.68. The van der Waals surface area contributed by atoms with E-state index in [0.717, 1.165) is 36.2 Å². The maximum absolute atomic E-state index is 12.2. The lowest BCUT2D eigenvalue weighted by molar-refractivity contribution is -0.119. The number of hydrogen-bond donors (Lipinski definition) is 2. The summed E-state index contributed by atoms with van der Waals surface area (Å²) in [5.41, 5.74) is 0.825. The largest absolute Gasteiger partial charge is 0.495 e. The Morgan fingerprint density at radius 2 is 2.00 bits per heavy atom. The Balaban J connectivity index is 1.43. The number of rotatable bonds is 8. The third-order valence-electron chi connectivity index (χ3n) is 5.20. The Bertz CT molecular complexity index is 1060. The van der Waals surface area contributed by atoms with Crippen LogP contribution in [0.5, 0.6) is 5.75 Å². The number of benzene rings is 1. The van der Waals surface area contributed by atoms with Crippen molar-refractivity contribution < 1.29 is 14.3 Å². The lowest BCUT2D eigenvalue weighted by Crippen LogP contribution is -2.43. The highest BCUT2D eigenvalue weighted by molar-refractivity contribution is 7.99. The molecule has 0 spiro atoms. The molecule has 32 heavy (non-hydrogen) atoms. The zero-order valence-corrected chi connectivity index (χ0v) is 19.4. The van der Waals surface area contributed by atoms with Gasteiger partial charge in [0.25, 0.3) is 0 Å². The average molecular weight is 472 g/mol. The highest BCUT2D eigenvalue weighted by atomic mass is 32.2. The van der Waals surface area contributed by atoms with Gasteiger partial charge in [0.05, 0.1) is 17.7 Å². The van der Waals surface area contributed by atoms with E-state index in [9.17, 15) is 9.59 Å². The Labute approximate surface area is 194 Å². The number of carbonyl (C=O) groups excluding carboxylic acids is 2. The van der Waals surface area contributed by atoms with Gasteiger partial charge in [-0.25, -0.2) is 4.79 Å². The summed E-state index contributed by atoms with van der Waals surface area (Å²) in [6.07, 6.45) is 4.38. The molecule has 1 aromatic carbocycles. The molecule has 0 saturated heterocycles. The van der Waals surface area contributed by atoms with Crippen molar-refractivity contribution >= 4 is 35.0 Å². The minimum absolute atomic E-state index is 0.173. The van der Waals surface area contributed by atoms with E-state index in [1.165, 1.54) is 11.8 Å². The monoisotopic (exact) mass is 471 g/mol. The van der Waals surface area contributed by atoms with Gasteiger partial charge in [-0.15, -0.1) is 21.5 Å². The Morgan fingerprint density at radius 1 is 1.19 bits per heavy atom. The molecule has 2 heterocycles. The summed E-state index contributed by atoms with van der Waals surface area (Å²) in [7, 11) is 1.63. The van der Waals surface area contributed by atoms with E-state index in [-0.39, 0.29) is 18.4 Å². The van der Waals surface area contributed by atoms with E-state index in [2.05, 4.69) is 20.8 Å². The molecule has 0 bridgehead atoms. The van der Waals surface area contributed by atoms with E-state index in [1.54, 1.807) is 18.4 Å². The van der Waals surface area contributed by atoms with Crippen LogP contribution in [0.25, 0.3) is 16.4 Å². The number of urea groups is 1. The van der Waals surface area contributed by atoms with E-state index >= 15 is 0 Å². The number of nitrogens with one attached hydrogen (secondary N) is 2. The number of para-hydroxylation sites is 2. The first-order valence-electron chi connectivity index (χ1n) is 10.5. The van der Waals surface area contributed by atoms with Gasteiger partial charge in [0.1, 0.15) is 5.75 Å². The quantitative estimate of drug-likeness (QED) is 0.477. The third kappa shape index (κ3) is 5.31. The van der Waals surface area contributed by atoms with Crippen molar-refractivity contribution in [2.24, 2.45) is 0 Å². The second-order valence-corrected chi connectivity index (χ2v) is 9.40. The summed E-state index contributed by atoms with van der Waals surface area (Å²) in [6, 6.07) is 11.4. The lowest BCUT2D eigenvalue weighted by atomic mass is 10.2. The summed E-state index contributed by atoms with van der Waals surface area (Å²) >= 11 is 2.99. The number of carbonyl (C=O) groups is 2. The lowest BCUT2D eigenvalue weighted by Gasteiger charge is -2.13. The van der Waals surface area contributed by atoms with Crippen LogP contribution in [0.3, 0.4) is 0 Å². The first-order chi connectivity index (χ1) is 15.7. The van der Waals surface area contributed by atoms with Crippen LogP contribution >= 0.6 is 23.1 Å². The zero-order valence-electron chi connectivity index (χ0n) is 17.7. The van der Waals surface area contributed by atoms with Crippen LogP contribution < -0.4 is 15.4 Å². The van der Waals surface area contributed by atoms with Crippen molar-refractivity contribution in [3.63, 3.8) is 0 Å². The van der Waals surface area contributed by atoms with Gasteiger partial charge in [-0.2, -0.15) is 0 Å². The van der Waals surface area contributed by atoms with Gasteiger partial charge in [-0.3, -0.25) is 14.7 Å². The van der Waals surface area contributed by atoms with Crippen molar-refractivity contribution in [1.29, 1.82) is 0 Å². The highest BCUT2D eigenvalue weighted by Crippen LogP contribution is 2.34. The standard InChI is InChI=1S/C22H25N5O3S2/c1-30-17-10-5-4-9-16(17)27-20(18-11-6-13-31-18)25-26-22(27)32-14-12-19(28)24-21(29)23-15-7-2-3-8-15/h4-6,9-11,13,15H,2-3,7-8,12,14H2,1H3,(H2,23,24,28,29). The molecule has 1 fully saturated rings. The van der Waals surface area contributed by atoms with Crippen LogP contribution in [0, 0.1) is 0 Å². The summed E-state index contributed by atoms with van der Waals surface area (Å²) in [4.78, 5) is 25.2. The second kappa shape index (κ2) is 10.6. The van der Waals surface area contributed by atoms with Crippen molar-refractivity contribution in [3.05, 3.63) is 41.8 Å². The topological polar surface area (TPSA) is 98.1 Å². The van der Waals surface area contributed by atoms with Crippen LogP contribution in [0.2, 0.25) is 0 Å². The van der Waals surface area contributed by atoms with Crippen molar-refractivity contribution in [2.45, 2.75) is 43.3 Å². The predicted octanol–water partition coefficient (Wildman–Crippen LogP) is 4.26. The predicted molar refractivity (Wildman–Crippen MR) is 125 cm³/mol. The fraction of sp³-hybridized carbons (Fsp3) is 0.364. The summed E-state index contributed by atoms with van der Waals surface area (Å²) < 4.78 is 7.49. The first-order valence-corrected chi connectivity index (χ1v) is 12.4. The molecule has 168 valence electrons. The molecule has 8 nitrogen and oxygen atoms in total. The van der Waals surface area contributed by atoms with Crippen molar-refractivity contribution in [1.82, 2.24) is 25.4 Å². The molecular formula is C22H25N5O3S2. The number of amides is 3. The van der Waals surface area contributed by atoms with Crippen LogP contribution in [0.15, 0.2) is 46.9 Å². The van der Waals surface area contributed by atoms with E-state index in [1.807, 2.05) is 46.3 Å². The van der Waals surface area contributed by atoms with E-state index in [0.29, 0.717) is 22.5 Å². The summed E-state index contributed by atoms with van der Waals surface area (Å²) in [6.45, 7) is 0. The van der Waals surface area contributed by atoms with Crippen molar-refractivity contribution in [2.75, 3.05) is 12.9 Å². The maximum atomic E-state index is 12.2. The van der Waals surface area contributed by atoms with Gasteiger partial charge in [0, 0.05) is 18.2 Å². The number of nitrogens with zero attached hydrogens (tertiary/aromatic N) is 3. The molecule has 0 unspecified atom stereocenters. The average Bonchev–Trinajstić information content (AvgIpc) is 3.55. The molecular weight excluding hydrogens is 446 g/mol. The van der Waals surface area contributed by atoms with E-state index in [4.69, 9.17) is 4.74 Å². The molecule has 2 N–H and O–H groups in total. The Morgan fingerprint density at radius 3 is 2.75 bits per heavy atom. The van der Waals surface area contributed by atoms with Crippen LogP contribution in [0.4, 0.5) is 4.79 Å². The number of imide groups is 1.